The van der Waals surface area contributed by atoms with Crippen LogP contribution in [0.4, 0.5) is 9.59 Å². The first-order valence-corrected chi connectivity index (χ1v) is 7.68. The summed E-state index contributed by atoms with van der Waals surface area (Å²) in [4.78, 5) is 35.7. The monoisotopic (exact) mass is 336 g/mol. The SMILES string of the molecule is O=C(NCOC(=O)N1CCCCC1C(=O)O)OCc1ccccc1. The molecular formula is C16H20N2O6. The van der Waals surface area contributed by atoms with Crippen LogP contribution in [0.3, 0.4) is 0 Å². The van der Waals surface area contributed by atoms with Gasteiger partial charge in [0.1, 0.15) is 12.6 Å². The summed E-state index contributed by atoms with van der Waals surface area (Å²) in [5.41, 5.74) is 0.835. The second-order valence-electron chi connectivity index (χ2n) is 5.34. The van der Waals surface area contributed by atoms with Gasteiger partial charge in [0, 0.05) is 6.54 Å². The fourth-order valence-electron chi connectivity index (χ4n) is 2.42. The summed E-state index contributed by atoms with van der Waals surface area (Å²) in [5, 5.41) is 11.4. The molecule has 0 bridgehead atoms. The standard InChI is InChI=1S/C16H20N2O6/c19-14(20)13-8-4-5-9-18(13)16(22)24-11-17-15(21)23-10-12-6-2-1-3-7-12/h1-3,6-7,13H,4-5,8-11H2,(H,17,21)(H,19,20). The number of aliphatic carboxylic acids is 1. The lowest BCUT2D eigenvalue weighted by molar-refractivity contribution is -0.143. The number of carboxylic acid groups (broad SMARTS) is 1. The molecule has 1 aromatic rings. The Bertz CT molecular complexity index is 577. The number of nitrogens with zero attached hydrogens (tertiary/aromatic N) is 1. The highest BCUT2D eigenvalue weighted by atomic mass is 16.6. The molecule has 2 amide bonds. The zero-order chi connectivity index (χ0) is 17.4. The van der Waals surface area contributed by atoms with Crippen LogP contribution in [-0.2, 0) is 20.9 Å². The van der Waals surface area contributed by atoms with E-state index in [1.165, 1.54) is 4.90 Å². The molecule has 0 aromatic heterocycles. The lowest BCUT2D eigenvalue weighted by atomic mass is 10.0. The second kappa shape index (κ2) is 8.76. The van der Waals surface area contributed by atoms with E-state index < -0.39 is 24.2 Å². The average Bonchev–Trinajstić information content (AvgIpc) is 2.60. The molecule has 2 rings (SSSR count). The number of piperidine rings is 1. The van der Waals surface area contributed by atoms with E-state index >= 15 is 0 Å². The fourth-order valence-corrected chi connectivity index (χ4v) is 2.42. The molecule has 1 atom stereocenters. The number of carbonyl (C=O) groups excluding carboxylic acids is 2. The molecule has 1 heterocycles. The molecule has 0 radical (unpaired) electrons. The first-order chi connectivity index (χ1) is 11.6. The van der Waals surface area contributed by atoms with E-state index in [1.54, 1.807) is 0 Å². The van der Waals surface area contributed by atoms with Gasteiger partial charge in [-0.1, -0.05) is 30.3 Å². The third kappa shape index (κ3) is 5.15. The van der Waals surface area contributed by atoms with Crippen molar-refractivity contribution >= 4 is 18.2 Å². The Labute approximate surface area is 139 Å². The average molecular weight is 336 g/mol. The van der Waals surface area contributed by atoms with E-state index in [9.17, 15) is 14.4 Å². The van der Waals surface area contributed by atoms with Crippen LogP contribution in [0.2, 0.25) is 0 Å². The Morgan fingerprint density at radius 2 is 1.92 bits per heavy atom. The topological polar surface area (TPSA) is 105 Å². The summed E-state index contributed by atoms with van der Waals surface area (Å²) in [6.07, 6.45) is 0.401. The number of ether oxygens (including phenoxy) is 2. The van der Waals surface area contributed by atoms with E-state index in [4.69, 9.17) is 14.6 Å². The predicted molar refractivity (Wildman–Crippen MR) is 83.1 cm³/mol. The number of rotatable bonds is 5. The minimum atomic E-state index is -1.05. The van der Waals surface area contributed by atoms with Crippen LogP contribution in [-0.4, -0.2) is 47.5 Å². The fraction of sp³-hybridized carbons (Fsp3) is 0.438. The smallest absolute Gasteiger partial charge is 0.412 e. The molecule has 1 saturated heterocycles. The van der Waals surface area contributed by atoms with Gasteiger partial charge in [-0.05, 0) is 24.8 Å². The van der Waals surface area contributed by atoms with E-state index in [2.05, 4.69) is 5.32 Å². The van der Waals surface area contributed by atoms with E-state index in [0.29, 0.717) is 13.0 Å². The van der Waals surface area contributed by atoms with E-state index in [0.717, 1.165) is 18.4 Å². The molecule has 0 saturated carbocycles. The van der Waals surface area contributed by atoms with Gasteiger partial charge in [-0.3, -0.25) is 10.2 Å². The lowest BCUT2D eigenvalue weighted by Crippen LogP contribution is -2.48. The van der Waals surface area contributed by atoms with Gasteiger partial charge in [0.25, 0.3) is 0 Å². The first kappa shape index (κ1) is 17.6. The Morgan fingerprint density at radius 3 is 2.62 bits per heavy atom. The zero-order valence-electron chi connectivity index (χ0n) is 13.1. The van der Waals surface area contributed by atoms with E-state index in [-0.39, 0.29) is 13.3 Å². The number of benzene rings is 1. The molecule has 1 fully saturated rings. The van der Waals surface area contributed by atoms with Gasteiger partial charge in [-0.2, -0.15) is 0 Å². The molecule has 1 aliphatic heterocycles. The Balaban J connectivity index is 1.69. The normalized spacial score (nSPS) is 17.0. The van der Waals surface area contributed by atoms with Crippen molar-refractivity contribution in [3.8, 4) is 0 Å². The van der Waals surface area contributed by atoms with Crippen molar-refractivity contribution in [1.82, 2.24) is 10.2 Å². The van der Waals surface area contributed by atoms with Crippen molar-refractivity contribution in [2.45, 2.75) is 31.9 Å². The number of alkyl carbamates (subject to hydrolysis) is 1. The number of hydrogen-bond donors (Lipinski definition) is 2. The minimum absolute atomic E-state index is 0.105. The Morgan fingerprint density at radius 1 is 1.17 bits per heavy atom. The van der Waals surface area contributed by atoms with Crippen molar-refractivity contribution in [1.29, 1.82) is 0 Å². The third-order valence-electron chi connectivity index (χ3n) is 3.65. The van der Waals surface area contributed by atoms with Crippen LogP contribution in [0.15, 0.2) is 30.3 Å². The summed E-state index contributed by atoms with van der Waals surface area (Å²) < 4.78 is 9.86. The van der Waals surface area contributed by atoms with Crippen molar-refractivity contribution in [3.05, 3.63) is 35.9 Å². The highest BCUT2D eigenvalue weighted by Gasteiger charge is 2.32. The van der Waals surface area contributed by atoms with Gasteiger partial charge in [-0.25, -0.2) is 14.4 Å². The maximum absolute atomic E-state index is 11.9. The molecule has 24 heavy (non-hydrogen) atoms. The highest BCUT2D eigenvalue weighted by Crippen LogP contribution is 2.18. The summed E-state index contributed by atoms with van der Waals surface area (Å²) in [7, 11) is 0. The van der Waals surface area contributed by atoms with Crippen LogP contribution in [0.25, 0.3) is 0 Å². The molecule has 130 valence electrons. The molecule has 8 nitrogen and oxygen atoms in total. The summed E-state index contributed by atoms with van der Waals surface area (Å²) >= 11 is 0. The predicted octanol–water partition coefficient (Wildman–Crippen LogP) is 1.95. The Kier molecular flexibility index (Phi) is 6.41. The summed E-state index contributed by atoms with van der Waals surface area (Å²) in [5.74, 6) is -1.05. The van der Waals surface area contributed by atoms with Gasteiger partial charge in [0.05, 0.1) is 0 Å². The Hall–Kier alpha value is -2.77. The van der Waals surface area contributed by atoms with Gasteiger partial charge in [-0.15, -0.1) is 0 Å². The quantitative estimate of drug-likeness (QED) is 0.796. The first-order valence-electron chi connectivity index (χ1n) is 7.68. The van der Waals surface area contributed by atoms with Crippen LogP contribution in [0.1, 0.15) is 24.8 Å². The number of carbonyl (C=O) groups is 3. The molecule has 0 aliphatic carbocycles. The maximum atomic E-state index is 11.9. The molecule has 2 N–H and O–H groups in total. The van der Waals surface area contributed by atoms with Gasteiger partial charge in [0.15, 0.2) is 6.73 Å². The maximum Gasteiger partial charge on any atom is 0.412 e. The van der Waals surface area contributed by atoms with Crippen LogP contribution in [0.5, 0.6) is 0 Å². The van der Waals surface area contributed by atoms with Crippen LogP contribution in [0, 0.1) is 0 Å². The highest BCUT2D eigenvalue weighted by molar-refractivity contribution is 5.80. The zero-order valence-corrected chi connectivity index (χ0v) is 13.1. The third-order valence-corrected chi connectivity index (χ3v) is 3.65. The number of carboxylic acids is 1. The molecule has 8 heteroatoms. The molecule has 1 unspecified atom stereocenters. The van der Waals surface area contributed by atoms with Gasteiger partial charge in [0.2, 0.25) is 0 Å². The lowest BCUT2D eigenvalue weighted by Gasteiger charge is -2.31. The van der Waals surface area contributed by atoms with Crippen molar-refractivity contribution in [3.63, 3.8) is 0 Å². The number of amides is 2. The summed E-state index contributed by atoms with van der Waals surface area (Å²) in [6.45, 7) is 0.0530. The van der Waals surface area contributed by atoms with Crippen molar-refractivity contribution in [2.24, 2.45) is 0 Å². The van der Waals surface area contributed by atoms with Crippen molar-refractivity contribution in [2.75, 3.05) is 13.3 Å². The largest absolute Gasteiger partial charge is 0.480 e. The molecular weight excluding hydrogens is 316 g/mol. The van der Waals surface area contributed by atoms with Gasteiger partial charge >= 0.3 is 18.2 Å². The molecule has 0 spiro atoms. The van der Waals surface area contributed by atoms with Crippen LogP contribution < -0.4 is 5.32 Å². The van der Waals surface area contributed by atoms with Crippen LogP contribution >= 0.6 is 0 Å². The molecule has 1 aromatic carbocycles. The number of hydrogen-bond acceptors (Lipinski definition) is 5. The molecule has 1 aliphatic rings. The second-order valence-corrected chi connectivity index (χ2v) is 5.34. The van der Waals surface area contributed by atoms with E-state index in [1.807, 2.05) is 30.3 Å². The van der Waals surface area contributed by atoms with Crippen molar-refractivity contribution < 1.29 is 29.0 Å². The van der Waals surface area contributed by atoms with Gasteiger partial charge < -0.3 is 14.6 Å². The summed E-state index contributed by atoms with van der Waals surface area (Å²) in [6, 6.07) is 8.27. The minimum Gasteiger partial charge on any atom is -0.480 e. The number of nitrogens with one attached hydrogen (secondary N) is 1. The number of likely N-dealkylation sites (tertiary alicyclic amines) is 1.